The highest BCUT2D eigenvalue weighted by Gasteiger charge is 2.35. The largest absolute Gasteiger partial charge is 0.494 e. The summed E-state index contributed by atoms with van der Waals surface area (Å²) in [6.45, 7) is 3.37. The molecule has 0 spiro atoms. The van der Waals surface area contributed by atoms with Gasteiger partial charge in [0.25, 0.3) is 5.91 Å². The van der Waals surface area contributed by atoms with Crippen molar-refractivity contribution in [2.75, 3.05) is 26.8 Å². The summed E-state index contributed by atoms with van der Waals surface area (Å²) in [5.74, 6) is 0.852. The monoisotopic (exact) mass is 367 g/mol. The SMILES string of the molecule is CCOc1cccc(-c2ccc(C(=O)N(C)CC3(CO)CCCC3)cc2)c1. The summed E-state index contributed by atoms with van der Waals surface area (Å²) >= 11 is 0. The number of ether oxygens (including phenoxy) is 1. The molecule has 0 heterocycles. The number of amides is 1. The molecule has 1 saturated carbocycles. The summed E-state index contributed by atoms with van der Waals surface area (Å²) in [7, 11) is 1.83. The van der Waals surface area contributed by atoms with Crippen molar-refractivity contribution in [3.63, 3.8) is 0 Å². The number of hydrogen-bond acceptors (Lipinski definition) is 3. The van der Waals surface area contributed by atoms with E-state index in [-0.39, 0.29) is 17.9 Å². The Balaban J connectivity index is 1.71. The second-order valence-corrected chi connectivity index (χ2v) is 7.56. The third-order valence-corrected chi connectivity index (χ3v) is 5.53. The number of aliphatic hydroxyl groups is 1. The van der Waals surface area contributed by atoms with Crippen LogP contribution in [0.2, 0.25) is 0 Å². The summed E-state index contributed by atoms with van der Waals surface area (Å²) in [5.41, 5.74) is 2.68. The molecule has 0 bridgehead atoms. The first-order chi connectivity index (χ1) is 13.1. The van der Waals surface area contributed by atoms with E-state index in [9.17, 15) is 9.90 Å². The molecule has 144 valence electrons. The Kier molecular flexibility index (Phi) is 6.17. The molecule has 3 rings (SSSR count). The van der Waals surface area contributed by atoms with E-state index in [2.05, 4.69) is 0 Å². The fraction of sp³-hybridized carbons (Fsp3) is 0.435. The molecule has 4 nitrogen and oxygen atoms in total. The number of carbonyl (C=O) groups excluding carboxylic acids is 1. The molecule has 2 aromatic rings. The maximum absolute atomic E-state index is 12.8. The first-order valence-corrected chi connectivity index (χ1v) is 9.76. The van der Waals surface area contributed by atoms with Crippen molar-refractivity contribution in [2.45, 2.75) is 32.6 Å². The lowest BCUT2D eigenvalue weighted by atomic mass is 9.86. The van der Waals surface area contributed by atoms with Gasteiger partial charge in [-0.2, -0.15) is 0 Å². The highest BCUT2D eigenvalue weighted by molar-refractivity contribution is 5.94. The van der Waals surface area contributed by atoms with Gasteiger partial charge in [-0.25, -0.2) is 0 Å². The Morgan fingerprint density at radius 1 is 1.11 bits per heavy atom. The van der Waals surface area contributed by atoms with Crippen molar-refractivity contribution in [1.29, 1.82) is 0 Å². The Hall–Kier alpha value is -2.33. The van der Waals surface area contributed by atoms with Crippen LogP contribution in [-0.2, 0) is 0 Å². The summed E-state index contributed by atoms with van der Waals surface area (Å²) in [6, 6.07) is 15.7. The van der Waals surface area contributed by atoms with E-state index in [0.29, 0.717) is 18.7 Å². The minimum atomic E-state index is -0.121. The summed E-state index contributed by atoms with van der Waals surface area (Å²) in [4.78, 5) is 14.6. The lowest BCUT2D eigenvalue weighted by molar-refractivity contribution is 0.0595. The lowest BCUT2D eigenvalue weighted by Crippen LogP contribution is -2.39. The van der Waals surface area contributed by atoms with Crippen LogP contribution in [0.15, 0.2) is 48.5 Å². The zero-order valence-electron chi connectivity index (χ0n) is 16.3. The van der Waals surface area contributed by atoms with Crippen LogP contribution >= 0.6 is 0 Å². The molecule has 1 amide bonds. The average molecular weight is 367 g/mol. The highest BCUT2D eigenvalue weighted by atomic mass is 16.5. The third kappa shape index (κ3) is 4.51. The van der Waals surface area contributed by atoms with Crippen molar-refractivity contribution in [3.8, 4) is 16.9 Å². The van der Waals surface area contributed by atoms with Gasteiger partial charge in [-0.3, -0.25) is 4.79 Å². The van der Waals surface area contributed by atoms with Gasteiger partial charge in [0.2, 0.25) is 0 Å². The molecule has 1 aliphatic carbocycles. The zero-order valence-corrected chi connectivity index (χ0v) is 16.3. The van der Waals surface area contributed by atoms with E-state index in [1.54, 1.807) is 4.90 Å². The van der Waals surface area contributed by atoms with Crippen LogP contribution in [-0.4, -0.2) is 42.7 Å². The van der Waals surface area contributed by atoms with E-state index >= 15 is 0 Å². The molecule has 0 atom stereocenters. The van der Waals surface area contributed by atoms with E-state index in [1.165, 1.54) is 0 Å². The van der Waals surface area contributed by atoms with Gasteiger partial charge in [0.15, 0.2) is 0 Å². The number of carbonyl (C=O) groups is 1. The number of rotatable bonds is 7. The van der Waals surface area contributed by atoms with Gasteiger partial charge >= 0.3 is 0 Å². The molecule has 1 N–H and O–H groups in total. The van der Waals surface area contributed by atoms with Crippen molar-refractivity contribution < 1.29 is 14.6 Å². The Morgan fingerprint density at radius 2 is 1.81 bits per heavy atom. The van der Waals surface area contributed by atoms with Gasteiger partial charge in [-0.1, -0.05) is 37.1 Å². The van der Waals surface area contributed by atoms with Crippen molar-refractivity contribution in [2.24, 2.45) is 5.41 Å². The number of hydrogen-bond donors (Lipinski definition) is 1. The van der Waals surface area contributed by atoms with E-state index in [1.807, 2.05) is 62.5 Å². The molecule has 27 heavy (non-hydrogen) atoms. The molecule has 0 aromatic heterocycles. The smallest absolute Gasteiger partial charge is 0.253 e. The molecule has 2 aromatic carbocycles. The van der Waals surface area contributed by atoms with Gasteiger partial charge in [0, 0.05) is 24.6 Å². The second kappa shape index (κ2) is 8.57. The van der Waals surface area contributed by atoms with Crippen LogP contribution in [0, 0.1) is 5.41 Å². The summed E-state index contributed by atoms with van der Waals surface area (Å²) in [6.07, 6.45) is 4.27. The van der Waals surface area contributed by atoms with Crippen molar-refractivity contribution in [1.82, 2.24) is 4.90 Å². The topological polar surface area (TPSA) is 49.8 Å². The molecule has 0 radical (unpaired) electrons. The predicted molar refractivity (Wildman–Crippen MR) is 108 cm³/mol. The minimum Gasteiger partial charge on any atom is -0.494 e. The molecule has 4 heteroatoms. The van der Waals surface area contributed by atoms with Crippen molar-refractivity contribution >= 4 is 5.91 Å². The van der Waals surface area contributed by atoms with Crippen LogP contribution in [0.3, 0.4) is 0 Å². The summed E-state index contributed by atoms with van der Waals surface area (Å²) < 4.78 is 5.56. The Bertz CT molecular complexity index is 763. The highest BCUT2D eigenvalue weighted by Crippen LogP contribution is 2.38. The molecule has 0 unspecified atom stereocenters. The predicted octanol–water partition coefficient (Wildman–Crippen LogP) is 4.38. The Labute approximate surface area is 161 Å². The lowest BCUT2D eigenvalue weighted by Gasteiger charge is -2.31. The first-order valence-electron chi connectivity index (χ1n) is 9.76. The molecular formula is C23H29NO3. The summed E-state index contributed by atoms with van der Waals surface area (Å²) in [5, 5.41) is 9.79. The van der Waals surface area contributed by atoms with Crippen LogP contribution < -0.4 is 4.74 Å². The zero-order chi connectivity index (χ0) is 19.3. The van der Waals surface area contributed by atoms with Gasteiger partial charge in [-0.05, 0) is 55.2 Å². The van der Waals surface area contributed by atoms with Crippen LogP contribution in [0.4, 0.5) is 0 Å². The normalized spacial score (nSPS) is 15.5. The third-order valence-electron chi connectivity index (χ3n) is 5.53. The second-order valence-electron chi connectivity index (χ2n) is 7.56. The first kappa shape index (κ1) is 19.4. The van der Waals surface area contributed by atoms with Gasteiger partial charge in [-0.15, -0.1) is 0 Å². The fourth-order valence-electron chi connectivity index (χ4n) is 4.02. The number of benzene rings is 2. The number of aliphatic hydroxyl groups excluding tert-OH is 1. The van der Waals surface area contributed by atoms with Crippen molar-refractivity contribution in [3.05, 3.63) is 54.1 Å². The fourth-order valence-corrected chi connectivity index (χ4v) is 4.02. The molecule has 1 aliphatic rings. The minimum absolute atomic E-state index is 0.00402. The Morgan fingerprint density at radius 3 is 2.44 bits per heavy atom. The van der Waals surface area contributed by atoms with Gasteiger partial charge in [0.1, 0.15) is 5.75 Å². The van der Waals surface area contributed by atoms with E-state index in [4.69, 9.17) is 4.74 Å². The van der Waals surface area contributed by atoms with Crippen LogP contribution in [0.5, 0.6) is 5.75 Å². The molecule has 1 fully saturated rings. The van der Waals surface area contributed by atoms with E-state index in [0.717, 1.165) is 42.6 Å². The van der Waals surface area contributed by atoms with E-state index < -0.39 is 0 Å². The van der Waals surface area contributed by atoms with Crippen LogP contribution in [0.25, 0.3) is 11.1 Å². The average Bonchev–Trinajstić information content (AvgIpc) is 3.17. The number of nitrogens with zero attached hydrogens (tertiary/aromatic N) is 1. The molecule has 0 aliphatic heterocycles. The molecular weight excluding hydrogens is 338 g/mol. The molecule has 0 saturated heterocycles. The van der Waals surface area contributed by atoms with Gasteiger partial charge < -0.3 is 14.7 Å². The standard InChI is InChI=1S/C23H29NO3/c1-3-27-21-8-6-7-20(15-21)18-9-11-19(12-10-18)22(26)24(2)16-23(17-25)13-4-5-14-23/h6-12,15,25H,3-5,13-14,16-17H2,1-2H3. The van der Waals surface area contributed by atoms with Crippen LogP contribution in [0.1, 0.15) is 43.0 Å². The maximum atomic E-state index is 12.8. The van der Waals surface area contributed by atoms with Gasteiger partial charge in [0.05, 0.1) is 13.2 Å². The maximum Gasteiger partial charge on any atom is 0.253 e. The quantitative estimate of drug-likeness (QED) is 0.790.